The zero-order chi connectivity index (χ0) is 12.0. The van der Waals surface area contributed by atoms with Crippen LogP contribution in [0.3, 0.4) is 0 Å². The summed E-state index contributed by atoms with van der Waals surface area (Å²) in [5, 5.41) is 3.34. The average molecular weight is 219 g/mol. The predicted octanol–water partition coefficient (Wildman–Crippen LogP) is 2.89. The lowest BCUT2D eigenvalue weighted by atomic mass is 10.0. The first-order valence-corrected chi connectivity index (χ1v) is 4.87. The molecule has 0 aromatic heterocycles. The van der Waals surface area contributed by atoms with Crippen LogP contribution >= 0.6 is 0 Å². The molecule has 0 aliphatic heterocycles. The first-order chi connectivity index (χ1) is 7.69. The van der Waals surface area contributed by atoms with Crippen LogP contribution in [-0.4, -0.2) is 19.4 Å². The van der Waals surface area contributed by atoms with E-state index in [2.05, 4.69) is 10.0 Å². The Hall–Kier alpha value is -2.00. The van der Waals surface area contributed by atoms with Crippen molar-refractivity contribution in [2.45, 2.75) is 13.3 Å². The van der Waals surface area contributed by atoms with Gasteiger partial charge in [-0.3, -0.25) is 4.79 Å². The summed E-state index contributed by atoms with van der Waals surface area (Å²) >= 11 is 0. The van der Waals surface area contributed by atoms with Gasteiger partial charge in [0.25, 0.3) is 0 Å². The van der Waals surface area contributed by atoms with Crippen LogP contribution in [0.25, 0.3) is 10.4 Å². The van der Waals surface area contributed by atoms with Crippen molar-refractivity contribution in [1.29, 1.82) is 0 Å². The van der Waals surface area contributed by atoms with E-state index >= 15 is 0 Å². The number of hydrogen-bond donors (Lipinski definition) is 0. The van der Waals surface area contributed by atoms with E-state index in [1.54, 1.807) is 25.3 Å². The molecule has 0 radical (unpaired) electrons. The minimum atomic E-state index is -0.0208. The zero-order valence-electron chi connectivity index (χ0n) is 9.30. The summed E-state index contributed by atoms with van der Waals surface area (Å²) in [7, 11) is 1.58. The van der Waals surface area contributed by atoms with Crippen molar-refractivity contribution in [3.63, 3.8) is 0 Å². The summed E-state index contributed by atoms with van der Waals surface area (Å²) in [6.45, 7) is 2.05. The van der Waals surface area contributed by atoms with Crippen LogP contribution in [0.4, 0.5) is 0 Å². The third kappa shape index (κ3) is 3.00. The molecule has 0 amide bonds. The lowest BCUT2D eigenvalue weighted by molar-refractivity contribution is 0.0985. The lowest BCUT2D eigenvalue weighted by Gasteiger charge is -2.06. The van der Waals surface area contributed by atoms with Gasteiger partial charge < -0.3 is 4.74 Å². The Labute approximate surface area is 93.7 Å². The number of methoxy groups -OCH3 is 1. The number of azide groups is 1. The first kappa shape index (κ1) is 12.1. The number of ether oxygens (including phenoxy) is 1. The van der Waals surface area contributed by atoms with Crippen LogP contribution < -0.4 is 4.74 Å². The van der Waals surface area contributed by atoms with Crippen molar-refractivity contribution in [2.75, 3.05) is 13.7 Å². The van der Waals surface area contributed by atoms with Gasteiger partial charge in [-0.2, -0.15) is 0 Å². The second kappa shape index (κ2) is 5.78. The second-order valence-electron chi connectivity index (χ2n) is 3.31. The fourth-order valence-corrected chi connectivity index (χ4v) is 1.41. The monoisotopic (exact) mass is 219 g/mol. The van der Waals surface area contributed by atoms with Crippen molar-refractivity contribution in [1.82, 2.24) is 0 Å². The highest BCUT2D eigenvalue weighted by Crippen LogP contribution is 2.18. The van der Waals surface area contributed by atoms with Gasteiger partial charge in [0.05, 0.1) is 7.11 Å². The lowest BCUT2D eigenvalue weighted by Crippen LogP contribution is -2.03. The van der Waals surface area contributed by atoms with E-state index in [0.29, 0.717) is 5.56 Å². The van der Waals surface area contributed by atoms with Crippen LogP contribution in [0, 0.1) is 6.92 Å². The summed E-state index contributed by atoms with van der Waals surface area (Å²) < 4.78 is 5.05. The van der Waals surface area contributed by atoms with Gasteiger partial charge in [-0.05, 0) is 36.2 Å². The molecule has 84 valence electrons. The van der Waals surface area contributed by atoms with Crippen LogP contribution in [0.2, 0.25) is 0 Å². The maximum atomic E-state index is 11.7. The molecule has 1 aromatic carbocycles. The normalized spacial score (nSPS) is 9.38. The molecule has 0 aliphatic rings. The third-order valence-electron chi connectivity index (χ3n) is 2.24. The second-order valence-corrected chi connectivity index (χ2v) is 3.31. The van der Waals surface area contributed by atoms with Crippen molar-refractivity contribution in [3.05, 3.63) is 39.8 Å². The number of Topliss-reactive ketones (excluding diaryl/α,β-unsaturated/α-hetero) is 1. The molecule has 0 saturated carbocycles. The number of rotatable bonds is 5. The van der Waals surface area contributed by atoms with E-state index in [9.17, 15) is 4.79 Å². The molecule has 16 heavy (non-hydrogen) atoms. The Morgan fingerprint density at radius 2 is 2.31 bits per heavy atom. The van der Waals surface area contributed by atoms with E-state index < -0.39 is 0 Å². The summed E-state index contributed by atoms with van der Waals surface area (Å²) in [6.07, 6.45) is 0.233. The van der Waals surface area contributed by atoms with Crippen LogP contribution in [0.15, 0.2) is 23.3 Å². The molecule has 0 heterocycles. The fourth-order valence-electron chi connectivity index (χ4n) is 1.41. The molecule has 0 unspecified atom stereocenters. The van der Waals surface area contributed by atoms with Crippen LogP contribution in [-0.2, 0) is 0 Å². The maximum absolute atomic E-state index is 11.7. The van der Waals surface area contributed by atoms with Gasteiger partial charge in [-0.1, -0.05) is 5.11 Å². The number of carbonyl (C=O) groups excluding carboxylic acids is 1. The van der Waals surface area contributed by atoms with Gasteiger partial charge in [-0.25, -0.2) is 0 Å². The van der Waals surface area contributed by atoms with E-state index in [1.165, 1.54) is 0 Å². The SMILES string of the molecule is COc1ccc(C(=O)CCN=[N+]=[N-])c(C)c1. The number of benzene rings is 1. The minimum absolute atomic E-state index is 0.0208. The van der Waals surface area contributed by atoms with E-state index in [-0.39, 0.29) is 18.7 Å². The van der Waals surface area contributed by atoms with Gasteiger partial charge >= 0.3 is 0 Å². The van der Waals surface area contributed by atoms with E-state index in [4.69, 9.17) is 10.3 Å². The smallest absolute Gasteiger partial charge is 0.163 e. The molecule has 0 fully saturated rings. The highest BCUT2D eigenvalue weighted by molar-refractivity contribution is 5.97. The topological polar surface area (TPSA) is 75.1 Å². The third-order valence-corrected chi connectivity index (χ3v) is 2.24. The molecule has 1 aromatic rings. The molecule has 0 bridgehead atoms. The molecule has 1 rings (SSSR count). The summed E-state index contributed by atoms with van der Waals surface area (Å²) in [6, 6.07) is 5.28. The predicted molar refractivity (Wildman–Crippen MR) is 60.7 cm³/mol. The summed E-state index contributed by atoms with van der Waals surface area (Å²) in [5.74, 6) is 0.705. The minimum Gasteiger partial charge on any atom is -0.497 e. The molecule has 0 saturated heterocycles. The highest BCUT2D eigenvalue weighted by atomic mass is 16.5. The number of hydrogen-bond acceptors (Lipinski definition) is 3. The summed E-state index contributed by atoms with van der Waals surface area (Å²) in [4.78, 5) is 14.3. The molecule has 0 N–H and O–H groups in total. The number of nitrogens with zero attached hydrogens (tertiary/aromatic N) is 3. The van der Waals surface area contributed by atoms with Crippen LogP contribution in [0.1, 0.15) is 22.3 Å². The van der Waals surface area contributed by atoms with Crippen molar-refractivity contribution in [2.24, 2.45) is 5.11 Å². The van der Waals surface area contributed by atoms with E-state index in [0.717, 1.165) is 11.3 Å². The van der Waals surface area contributed by atoms with E-state index in [1.807, 2.05) is 6.92 Å². The molecule has 0 spiro atoms. The Balaban J connectivity index is 2.79. The zero-order valence-corrected chi connectivity index (χ0v) is 9.30. The Morgan fingerprint density at radius 1 is 1.56 bits per heavy atom. The fraction of sp³-hybridized carbons (Fsp3) is 0.364. The molecule has 5 nitrogen and oxygen atoms in total. The van der Waals surface area contributed by atoms with Crippen molar-refractivity contribution >= 4 is 5.78 Å². The number of carbonyl (C=O) groups is 1. The van der Waals surface area contributed by atoms with Gasteiger partial charge in [0.15, 0.2) is 5.78 Å². The average Bonchev–Trinajstić information content (AvgIpc) is 2.29. The van der Waals surface area contributed by atoms with Gasteiger partial charge in [-0.15, -0.1) is 0 Å². The Bertz CT molecular complexity index is 437. The molecule has 0 aliphatic carbocycles. The number of ketones is 1. The van der Waals surface area contributed by atoms with Gasteiger partial charge in [0, 0.05) is 23.4 Å². The largest absolute Gasteiger partial charge is 0.497 e. The van der Waals surface area contributed by atoms with Crippen molar-refractivity contribution in [3.8, 4) is 5.75 Å². The van der Waals surface area contributed by atoms with Crippen molar-refractivity contribution < 1.29 is 9.53 Å². The Morgan fingerprint density at radius 3 is 2.88 bits per heavy atom. The first-order valence-electron chi connectivity index (χ1n) is 4.87. The summed E-state index contributed by atoms with van der Waals surface area (Å²) in [5.41, 5.74) is 9.62. The maximum Gasteiger partial charge on any atom is 0.163 e. The quantitative estimate of drug-likeness (QED) is 0.330. The molecular formula is C11H13N3O2. The molecule has 5 heteroatoms. The highest BCUT2D eigenvalue weighted by Gasteiger charge is 2.08. The Kier molecular flexibility index (Phi) is 4.36. The molecular weight excluding hydrogens is 206 g/mol. The number of aryl methyl sites for hydroxylation is 1. The molecule has 0 atom stereocenters. The van der Waals surface area contributed by atoms with Gasteiger partial charge in [0.1, 0.15) is 5.75 Å². The van der Waals surface area contributed by atoms with Gasteiger partial charge in [0.2, 0.25) is 0 Å². The van der Waals surface area contributed by atoms with Crippen LogP contribution in [0.5, 0.6) is 5.75 Å². The standard InChI is InChI=1S/C11H13N3O2/c1-8-7-9(16-2)3-4-10(8)11(15)5-6-13-14-12/h3-4,7H,5-6H2,1-2H3.